The Morgan fingerprint density at radius 1 is 1.21 bits per heavy atom. The van der Waals surface area contributed by atoms with Crippen LogP contribution in [0.1, 0.15) is 16.8 Å². The molecule has 1 aliphatic heterocycles. The van der Waals surface area contributed by atoms with Gasteiger partial charge in [-0.3, -0.25) is 18.5 Å². The van der Waals surface area contributed by atoms with Crippen LogP contribution < -0.4 is 20.4 Å². The molecule has 1 saturated heterocycles. The van der Waals surface area contributed by atoms with E-state index in [1.807, 2.05) is 0 Å². The molecular formula is C8H12N4O14P3-3. The van der Waals surface area contributed by atoms with E-state index >= 15 is 0 Å². The lowest BCUT2D eigenvalue weighted by Gasteiger charge is -2.33. The molecule has 1 aromatic rings. The van der Waals surface area contributed by atoms with Crippen molar-refractivity contribution >= 4 is 29.4 Å². The molecule has 1 aromatic heterocycles. The summed E-state index contributed by atoms with van der Waals surface area (Å²) in [4.78, 5) is 55.7. The Balaban J connectivity index is 2.01. The van der Waals surface area contributed by atoms with E-state index in [-0.39, 0.29) is 0 Å². The van der Waals surface area contributed by atoms with Crippen LogP contribution in [0, 0.1) is 0 Å². The molecule has 21 heteroatoms. The number of amides is 1. The number of carbonyl (C=O) groups excluding carboxylic acids is 1. The Kier molecular flexibility index (Phi) is 7.14. The fraction of sp³-hybridized carbons (Fsp3) is 0.625. The van der Waals surface area contributed by atoms with Gasteiger partial charge >= 0.3 is 0 Å². The van der Waals surface area contributed by atoms with Gasteiger partial charge in [-0.2, -0.15) is 0 Å². The van der Waals surface area contributed by atoms with Gasteiger partial charge in [-0.1, -0.05) is 0 Å². The molecule has 0 aromatic carbocycles. The fourth-order valence-electron chi connectivity index (χ4n) is 2.05. The number of primary amides is 1. The van der Waals surface area contributed by atoms with Gasteiger partial charge in [0, 0.05) is 0 Å². The molecule has 0 spiro atoms. The standard InChI is InChI=1S/C8H15N4O14P3/c9-6(15)7-10-2-12(11-7)8-5(14)4(13)3(24-8)1-23-28(19,20)26-29(21,22)25-27(16,17)18/h2-5,8,13-14H,1H2,(H2,9,15)(H,19,20)(H,21,22)(H2,16,17,18)/p-3/t3-,4?,5+,8-/m1/s1. The monoisotopic (exact) mass is 481 g/mol. The highest BCUT2D eigenvalue weighted by atomic mass is 31.3. The highest BCUT2D eigenvalue weighted by Gasteiger charge is 2.45. The van der Waals surface area contributed by atoms with Gasteiger partial charge in [-0.25, -0.2) is 18.3 Å². The third kappa shape index (κ3) is 6.70. The molecule has 0 saturated carbocycles. The molecule has 2 rings (SSSR count). The number of aromatic nitrogens is 3. The Morgan fingerprint density at radius 3 is 2.34 bits per heavy atom. The van der Waals surface area contributed by atoms with Crippen LogP contribution >= 0.6 is 23.5 Å². The number of phosphoric acid groups is 3. The van der Waals surface area contributed by atoms with Gasteiger partial charge in [0.05, 0.1) is 6.61 Å². The maximum atomic E-state index is 11.5. The molecule has 29 heavy (non-hydrogen) atoms. The third-order valence-corrected chi connectivity index (χ3v) is 6.82. The van der Waals surface area contributed by atoms with E-state index in [4.69, 9.17) is 15.4 Å². The summed E-state index contributed by atoms with van der Waals surface area (Å²) in [6.07, 6.45) is -5.62. The minimum Gasteiger partial charge on any atom is -0.756 e. The first kappa shape index (κ1) is 24.2. The molecule has 1 aliphatic rings. The minimum absolute atomic E-state index is 0.446. The first-order valence-corrected chi connectivity index (χ1v) is 11.5. The number of nitrogens with two attached hydrogens (primary N) is 1. The number of hydrogen-bond donors (Lipinski definition) is 4. The molecule has 18 nitrogen and oxygen atoms in total. The summed E-state index contributed by atoms with van der Waals surface area (Å²) in [5, 5.41) is 23.4. The molecule has 0 aliphatic carbocycles. The Bertz CT molecular complexity index is 899. The van der Waals surface area contributed by atoms with Crippen molar-refractivity contribution in [2.45, 2.75) is 24.5 Å². The van der Waals surface area contributed by atoms with E-state index in [2.05, 4.69) is 23.2 Å². The second kappa shape index (κ2) is 8.56. The van der Waals surface area contributed by atoms with Gasteiger partial charge in [0.1, 0.15) is 24.6 Å². The lowest BCUT2D eigenvalue weighted by molar-refractivity contribution is -0.250. The number of ether oxygens (including phenoxy) is 1. The molecule has 2 heterocycles. The van der Waals surface area contributed by atoms with E-state index in [1.54, 1.807) is 0 Å². The molecule has 0 radical (unpaired) electrons. The molecule has 0 bridgehead atoms. The van der Waals surface area contributed by atoms with Crippen LogP contribution in [0.3, 0.4) is 0 Å². The molecule has 1 fully saturated rings. The van der Waals surface area contributed by atoms with Crippen molar-refractivity contribution in [3.63, 3.8) is 0 Å². The first-order chi connectivity index (χ1) is 13.1. The maximum absolute atomic E-state index is 11.5. The van der Waals surface area contributed by atoms with E-state index in [1.165, 1.54) is 0 Å². The Morgan fingerprint density at radius 2 is 1.83 bits per heavy atom. The van der Waals surface area contributed by atoms with Crippen LogP contribution in [0.4, 0.5) is 0 Å². The normalized spacial score (nSPS) is 31.0. The quantitative estimate of drug-likeness (QED) is 0.241. The SMILES string of the molecule is NC(=O)c1ncn([C@@H]2O[C@H](COP(=O)([O-])OP(=O)([O-])OP(=O)([O-])O)C(O)[C@@H]2O)n1. The van der Waals surface area contributed by atoms with Crippen molar-refractivity contribution in [1.29, 1.82) is 0 Å². The van der Waals surface area contributed by atoms with Crippen molar-refractivity contribution in [3.05, 3.63) is 12.2 Å². The fourth-order valence-corrected chi connectivity index (χ4v) is 4.94. The molecular weight excluding hydrogens is 469 g/mol. The van der Waals surface area contributed by atoms with Crippen LogP contribution in [-0.4, -0.2) is 60.7 Å². The summed E-state index contributed by atoms with van der Waals surface area (Å²) in [7, 11) is -17.8. The van der Waals surface area contributed by atoms with Crippen LogP contribution in [0.25, 0.3) is 0 Å². The summed E-state index contributed by atoms with van der Waals surface area (Å²) in [5.41, 5.74) is 4.96. The summed E-state index contributed by atoms with van der Waals surface area (Å²) in [6.45, 7) is -1.11. The predicted molar refractivity (Wildman–Crippen MR) is 77.6 cm³/mol. The smallest absolute Gasteiger partial charge is 0.288 e. The van der Waals surface area contributed by atoms with Crippen LogP contribution in [0.15, 0.2) is 6.33 Å². The van der Waals surface area contributed by atoms with Gasteiger partial charge in [0.2, 0.25) is 5.82 Å². The number of aliphatic hydroxyl groups is 2. The number of carbonyl (C=O) groups is 1. The predicted octanol–water partition coefficient (Wildman–Crippen LogP) is -4.56. The van der Waals surface area contributed by atoms with E-state index < -0.39 is 66.3 Å². The van der Waals surface area contributed by atoms with Gasteiger partial charge in [-0.05, 0) is 0 Å². The zero-order valence-corrected chi connectivity index (χ0v) is 16.4. The third-order valence-electron chi connectivity index (χ3n) is 3.13. The topological polar surface area (TPSA) is 292 Å². The lowest BCUT2D eigenvalue weighted by Crippen LogP contribution is -2.34. The average Bonchev–Trinajstić information content (AvgIpc) is 3.09. The van der Waals surface area contributed by atoms with Gasteiger partial charge in [-0.15, -0.1) is 5.10 Å². The van der Waals surface area contributed by atoms with Gasteiger partial charge in [0.15, 0.2) is 6.23 Å². The van der Waals surface area contributed by atoms with Gasteiger partial charge in [0.25, 0.3) is 29.4 Å². The zero-order chi connectivity index (χ0) is 22.2. The summed E-state index contributed by atoms with van der Waals surface area (Å²) < 4.78 is 49.5. The number of rotatable bonds is 9. The molecule has 1 amide bonds. The second-order valence-electron chi connectivity index (χ2n) is 5.28. The average molecular weight is 481 g/mol. The largest absolute Gasteiger partial charge is 0.756 e. The first-order valence-electron chi connectivity index (χ1n) is 7.06. The van der Waals surface area contributed by atoms with Crippen molar-refractivity contribution in [3.8, 4) is 0 Å². The second-order valence-corrected chi connectivity index (χ2v) is 9.57. The molecule has 166 valence electrons. The maximum Gasteiger partial charge on any atom is 0.288 e. The van der Waals surface area contributed by atoms with E-state index in [0.29, 0.717) is 0 Å². The van der Waals surface area contributed by atoms with E-state index in [9.17, 15) is 43.4 Å². The molecule has 4 unspecified atom stereocenters. The summed E-state index contributed by atoms with van der Waals surface area (Å²) in [6, 6.07) is 0. The Labute approximate surface area is 160 Å². The Hall–Kier alpha value is -1.10. The summed E-state index contributed by atoms with van der Waals surface area (Å²) in [5.74, 6) is -1.45. The van der Waals surface area contributed by atoms with Crippen molar-refractivity contribution in [1.82, 2.24) is 14.8 Å². The number of phosphoric ester groups is 1. The van der Waals surface area contributed by atoms with Crippen molar-refractivity contribution < 1.29 is 66.2 Å². The lowest BCUT2D eigenvalue weighted by atomic mass is 10.1. The number of aliphatic hydroxyl groups excluding tert-OH is 2. The molecule has 5 N–H and O–H groups in total. The van der Waals surface area contributed by atoms with Crippen molar-refractivity contribution in [2.24, 2.45) is 5.73 Å². The zero-order valence-electron chi connectivity index (χ0n) is 13.7. The van der Waals surface area contributed by atoms with Gasteiger partial charge < -0.3 is 44.8 Å². The van der Waals surface area contributed by atoms with E-state index in [0.717, 1.165) is 11.0 Å². The number of hydrogen-bond acceptors (Lipinski definition) is 15. The number of nitrogens with zero attached hydrogens (tertiary/aromatic N) is 3. The van der Waals surface area contributed by atoms with Crippen LogP contribution in [0.5, 0.6) is 0 Å². The summed E-state index contributed by atoms with van der Waals surface area (Å²) >= 11 is 0. The highest BCUT2D eigenvalue weighted by Crippen LogP contribution is 2.61. The van der Waals surface area contributed by atoms with Crippen molar-refractivity contribution in [2.75, 3.05) is 6.61 Å². The minimum atomic E-state index is -6.09. The molecule has 7 atom stereocenters. The highest BCUT2D eigenvalue weighted by molar-refractivity contribution is 7.65. The van der Waals surface area contributed by atoms with Crippen LogP contribution in [0.2, 0.25) is 0 Å². The van der Waals surface area contributed by atoms with Crippen LogP contribution in [-0.2, 0) is 31.6 Å².